The number of para-hydroxylation sites is 1. The second-order valence-electron chi connectivity index (χ2n) is 5.42. The van der Waals surface area contributed by atoms with Crippen molar-refractivity contribution in [2.75, 3.05) is 5.32 Å². The molecule has 2 aromatic heterocycles. The Hall–Kier alpha value is -2.73. The molecule has 0 aliphatic rings. The van der Waals surface area contributed by atoms with E-state index in [-0.39, 0.29) is 5.91 Å². The van der Waals surface area contributed by atoms with Gasteiger partial charge in [0.2, 0.25) is 0 Å². The molecule has 25 heavy (non-hydrogen) atoms. The average molecular weight is 356 g/mol. The van der Waals surface area contributed by atoms with Crippen molar-refractivity contribution in [1.29, 1.82) is 0 Å². The molecule has 128 valence electrons. The minimum atomic E-state index is -0.254. The van der Waals surface area contributed by atoms with Crippen LogP contribution in [0.2, 0.25) is 5.02 Å². The number of aromatic nitrogens is 4. The monoisotopic (exact) mass is 355 g/mol. The van der Waals surface area contributed by atoms with Crippen LogP contribution in [0.1, 0.15) is 35.6 Å². The van der Waals surface area contributed by atoms with Crippen molar-refractivity contribution in [2.24, 2.45) is 0 Å². The summed E-state index contributed by atoms with van der Waals surface area (Å²) in [6.45, 7) is 3.97. The topological polar surface area (TPSA) is 72.7 Å². The fraction of sp³-hybridized carbons (Fsp3) is 0.222. The fourth-order valence-corrected chi connectivity index (χ4v) is 2.79. The van der Waals surface area contributed by atoms with Crippen LogP contribution in [0.25, 0.3) is 5.69 Å². The second kappa shape index (κ2) is 7.44. The molecule has 1 N–H and O–H groups in total. The van der Waals surface area contributed by atoms with Gasteiger partial charge in [-0.15, -0.1) is 0 Å². The smallest absolute Gasteiger partial charge is 0.260 e. The number of aryl methyl sites for hydroxylation is 1. The van der Waals surface area contributed by atoms with Crippen LogP contribution in [-0.2, 0) is 12.8 Å². The highest BCUT2D eigenvalue weighted by Crippen LogP contribution is 2.23. The van der Waals surface area contributed by atoms with Gasteiger partial charge in [0.05, 0.1) is 28.2 Å². The van der Waals surface area contributed by atoms with Crippen LogP contribution < -0.4 is 5.32 Å². The maximum absolute atomic E-state index is 12.7. The minimum absolute atomic E-state index is 0.254. The first kappa shape index (κ1) is 17.1. The normalized spacial score (nSPS) is 10.7. The van der Waals surface area contributed by atoms with Crippen LogP contribution in [0.3, 0.4) is 0 Å². The predicted molar refractivity (Wildman–Crippen MR) is 97.3 cm³/mol. The summed E-state index contributed by atoms with van der Waals surface area (Å²) in [6, 6.07) is 9.17. The third kappa shape index (κ3) is 3.53. The molecule has 0 radical (unpaired) electrons. The molecule has 0 aliphatic heterocycles. The Bertz CT molecular complexity index is 906. The summed E-state index contributed by atoms with van der Waals surface area (Å²) < 4.78 is 1.70. The number of nitrogens with one attached hydrogen (secondary N) is 1. The number of amides is 1. The molecule has 0 unspecified atom stereocenters. The zero-order valence-electron chi connectivity index (χ0n) is 14.0. The van der Waals surface area contributed by atoms with Gasteiger partial charge in [0, 0.05) is 11.8 Å². The molecule has 0 bridgehead atoms. The maximum atomic E-state index is 12.7. The Labute approximate surface area is 150 Å². The Morgan fingerprint density at radius 3 is 2.72 bits per heavy atom. The van der Waals surface area contributed by atoms with E-state index in [2.05, 4.69) is 20.4 Å². The molecule has 3 rings (SSSR count). The molecule has 3 aromatic rings. The van der Waals surface area contributed by atoms with Crippen molar-refractivity contribution in [3.05, 3.63) is 64.8 Å². The maximum Gasteiger partial charge on any atom is 0.260 e. The number of anilines is 1. The molecule has 0 aliphatic carbocycles. The van der Waals surface area contributed by atoms with Crippen LogP contribution in [0.5, 0.6) is 0 Å². The number of carbonyl (C=O) groups is 1. The Morgan fingerprint density at radius 2 is 2.00 bits per heavy atom. The average Bonchev–Trinajstić information content (AvgIpc) is 3.06. The van der Waals surface area contributed by atoms with Gasteiger partial charge in [0.1, 0.15) is 12.1 Å². The van der Waals surface area contributed by atoms with Crippen molar-refractivity contribution in [3.63, 3.8) is 0 Å². The van der Waals surface area contributed by atoms with Gasteiger partial charge in [-0.25, -0.2) is 14.6 Å². The largest absolute Gasteiger partial charge is 0.306 e. The first-order valence-electron chi connectivity index (χ1n) is 8.08. The number of hydrogen-bond acceptors (Lipinski definition) is 4. The summed E-state index contributed by atoms with van der Waals surface area (Å²) in [5, 5.41) is 7.74. The quantitative estimate of drug-likeness (QED) is 0.757. The van der Waals surface area contributed by atoms with E-state index in [9.17, 15) is 4.79 Å². The number of rotatable bonds is 5. The highest BCUT2D eigenvalue weighted by Gasteiger charge is 2.18. The predicted octanol–water partition coefficient (Wildman–Crippen LogP) is 3.69. The molecular weight excluding hydrogens is 338 g/mol. The summed E-state index contributed by atoms with van der Waals surface area (Å²) in [5.41, 5.74) is 2.90. The Morgan fingerprint density at radius 1 is 1.20 bits per heavy atom. The van der Waals surface area contributed by atoms with Crippen molar-refractivity contribution >= 4 is 23.3 Å². The van der Waals surface area contributed by atoms with Crippen molar-refractivity contribution < 1.29 is 4.79 Å². The van der Waals surface area contributed by atoms with E-state index < -0.39 is 0 Å². The Kier molecular flexibility index (Phi) is 5.09. The number of benzene rings is 1. The van der Waals surface area contributed by atoms with E-state index in [1.165, 1.54) is 6.33 Å². The molecule has 7 heteroatoms. The van der Waals surface area contributed by atoms with Gasteiger partial charge < -0.3 is 5.32 Å². The zero-order chi connectivity index (χ0) is 17.8. The molecule has 2 heterocycles. The third-order valence-electron chi connectivity index (χ3n) is 3.86. The van der Waals surface area contributed by atoms with Gasteiger partial charge in [-0.05, 0) is 25.0 Å². The molecule has 0 saturated heterocycles. The summed E-state index contributed by atoms with van der Waals surface area (Å²) in [7, 11) is 0. The van der Waals surface area contributed by atoms with Crippen molar-refractivity contribution in [3.8, 4) is 5.69 Å². The number of hydrogen-bond donors (Lipinski definition) is 1. The van der Waals surface area contributed by atoms with Crippen LogP contribution in [-0.4, -0.2) is 25.7 Å². The number of carbonyl (C=O) groups excluding carboxylic acids is 1. The van der Waals surface area contributed by atoms with Gasteiger partial charge in [0.25, 0.3) is 5.91 Å². The van der Waals surface area contributed by atoms with Crippen LogP contribution in [0.15, 0.2) is 42.9 Å². The summed E-state index contributed by atoms with van der Waals surface area (Å²) >= 11 is 6.26. The molecule has 1 aromatic carbocycles. The standard InChI is InChI=1S/C18H18ClN5O/c1-3-12-9-17(21-11-20-12)23-18(25)13-10-22-24(15(13)4-2)16-8-6-5-7-14(16)19/h5-11H,3-4H2,1-2H3,(H,20,21,23,25). The fourth-order valence-electron chi connectivity index (χ4n) is 2.58. The Balaban J connectivity index is 1.92. The zero-order valence-corrected chi connectivity index (χ0v) is 14.8. The van der Waals surface area contributed by atoms with Crippen molar-refractivity contribution in [1.82, 2.24) is 19.7 Å². The molecule has 1 amide bonds. The number of halogens is 1. The van der Waals surface area contributed by atoms with Crippen molar-refractivity contribution in [2.45, 2.75) is 26.7 Å². The van der Waals surface area contributed by atoms with E-state index in [0.29, 0.717) is 22.8 Å². The third-order valence-corrected chi connectivity index (χ3v) is 4.18. The van der Waals surface area contributed by atoms with Gasteiger partial charge in [-0.1, -0.05) is 37.6 Å². The summed E-state index contributed by atoms with van der Waals surface area (Å²) in [4.78, 5) is 20.9. The molecule has 6 nitrogen and oxygen atoms in total. The molecule has 0 atom stereocenters. The van der Waals surface area contributed by atoms with E-state index >= 15 is 0 Å². The van der Waals surface area contributed by atoms with Gasteiger partial charge >= 0.3 is 0 Å². The summed E-state index contributed by atoms with van der Waals surface area (Å²) in [6.07, 6.45) is 4.41. The minimum Gasteiger partial charge on any atom is -0.306 e. The SMILES string of the molecule is CCc1cc(NC(=O)c2cnn(-c3ccccc3Cl)c2CC)ncn1. The van der Waals surface area contributed by atoms with E-state index in [4.69, 9.17) is 11.6 Å². The highest BCUT2D eigenvalue weighted by molar-refractivity contribution is 6.32. The van der Waals surface area contributed by atoms with Gasteiger partial charge in [0.15, 0.2) is 0 Å². The highest BCUT2D eigenvalue weighted by atomic mass is 35.5. The van der Waals surface area contributed by atoms with Gasteiger partial charge in [-0.3, -0.25) is 4.79 Å². The molecule has 0 saturated carbocycles. The first-order valence-corrected chi connectivity index (χ1v) is 8.45. The van der Waals surface area contributed by atoms with Crippen LogP contribution in [0, 0.1) is 0 Å². The van der Waals surface area contributed by atoms with Crippen LogP contribution >= 0.6 is 11.6 Å². The lowest BCUT2D eigenvalue weighted by molar-refractivity contribution is 0.102. The van der Waals surface area contributed by atoms with E-state index in [1.54, 1.807) is 23.0 Å². The second-order valence-corrected chi connectivity index (χ2v) is 5.83. The lowest BCUT2D eigenvalue weighted by atomic mass is 10.2. The molecular formula is C18H18ClN5O. The molecule has 0 spiro atoms. The lowest BCUT2D eigenvalue weighted by Crippen LogP contribution is -2.15. The molecule has 0 fully saturated rings. The van der Waals surface area contributed by atoms with E-state index in [1.807, 2.05) is 32.0 Å². The lowest BCUT2D eigenvalue weighted by Gasteiger charge is -2.10. The van der Waals surface area contributed by atoms with Gasteiger partial charge in [-0.2, -0.15) is 5.10 Å². The number of nitrogens with zero attached hydrogens (tertiary/aromatic N) is 4. The van der Waals surface area contributed by atoms with Crippen LogP contribution in [0.4, 0.5) is 5.82 Å². The van der Waals surface area contributed by atoms with E-state index in [0.717, 1.165) is 23.5 Å². The first-order chi connectivity index (χ1) is 12.1. The summed E-state index contributed by atoms with van der Waals surface area (Å²) in [5.74, 6) is 0.223.